The molecule has 4 nitrogen and oxygen atoms in total. The van der Waals surface area contributed by atoms with Gasteiger partial charge in [0, 0.05) is 29.7 Å². The number of ether oxygens (including phenoxy) is 2. The summed E-state index contributed by atoms with van der Waals surface area (Å²) >= 11 is 0. The van der Waals surface area contributed by atoms with Crippen LogP contribution in [0.1, 0.15) is 26.2 Å². The Morgan fingerprint density at radius 1 is 1.00 bits per heavy atom. The topological polar surface area (TPSA) is 30.9 Å². The van der Waals surface area contributed by atoms with E-state index < -0.39 is 9.04 Å². The van der Waals surface area contributed by atoms with Crippen LogP contribution in [0.2, 0.25) is 0 Å². The molecule has 0 aromatic heterocycles. The monoisotopic (exact) mass is 371 g/mol. The zero-order valence-electron chi connectivity index (χ0n) is 16.0. The molecular weight excluding hydrogens is 342 g/mol. The quantitative estimate of drug-likeness (QED) is 0.699. The van der Waals surface area contributed by atoms with Crippen LogP contribution < -0.4 is 19.6 Å². The van der Waals surface area contributed by atoms with Crippen molar-refractivity contribution in [2.24, 2.45) is 0 Å². The molecule has 0 spiro atoms. The van der Waals surface area contributed by atoms with E-state index in [0.29, 0.717) is 5.67 Å². The van der Waals surface area contributed by atoms with Crippen LogP contribution in [0, 0.1) is 0 Å². The molecule has 1 aliphatic heterocycles. The molecule has 140 valence electrons. The number of rotatable bonds is 7. The van der Waals surface area contributed by atoms with Crippen LogP contribution in [0.15, 0.2) is 48.5 Å². The SMILES string of the molecule is CCO[SiH](c1cccc(OC)c1OC)C1CCCCN1c1ccccc1. The van der Waals surface area contributed by atoms with Gasteiger partial charge in [-0.25, -0.2) is 0 Å². The Hall–Kier alpha value is -1.98. The van der Waals surface area contributed by atoms with Crippen LogP contribution in [0.5, 0.6) is 11.5 Å². The molecule has 2 aromatic carbocycles. The molecular formula is C21H29NO3Si. The van der Waals surface area contributed by atoms with E-state index in [1.807, 2.05) is 12.1 Å². The van der Waals surface area contributed by atoms with Gasteiger partial charge in [-0.05, 0) is 44.4 Å². The number of benzene rings is 2. The van der Waals surface area contributed by atoms with Gasteiger partial charge in [0.1, 0.15) is 0 Å². The van der Waals surface area contributed by atoms with Crippen molar-refractivity contribution >= 4 is 19.9 Å². The average Bonchev–Trinajstić information content (AvgIpc) is 2.72. The Morgan fingerprint density at radius 2 is 1.81 bits per heavy atom. The van der Waals surface area contributed by atoms with Gasteiger partial charge in [-0.2, -0.15) is 0 Å². The molecule has 0 bridgehead atoms. The predicted octanol–water partition coefficient (Wildman–Crippen LogP) is 3.27. The summed E-state index contributed by atoms with van der Waals surface area (Å²) in [6.07, 6.45) is 3.64. The van der Waals surface area contributed by atoms with Gasteiger partial charge in [-0.15, -0.1) is 0 Å². The van der Waals surface area contributed by atoms with Crippen molar-refractivity contribution in [1.29, 1.82) is 0 Å². The van der Waals surface area contributed by atoms with Crippen LogP contribution in [0.3, 0.4) is 0 Å². The minimum absolute atomic E-state index is 0.409. The van der Waals surface area contributed by atoms with Gasteiger partial charge in [-0.1, -0.05) is 30.3 Å². The fourth-order valence-corrected chi connectivity index (χ4v) is 7.12. The van der Waals surface area contributed by atoms with Gasteiger partial charge < -0.3 is 18.8 Å². The van der Waals surface area contributed by atoms with E-state index in [1.165, 1.54) is 23.7 Å². The van der Waals surface area contributed by atoms with Crippen LogP contribution in [-0.2, 0) is 4.43 Å². The highest BCUT2D eigenvalue weighted by atomic mass is 28.3. The first kappa shape index (κ1) is 18.8. The number of hydrogen-bond donors (Lipinski definition) is 0. The van der Waals surface area contributed by atoms with Gasteiger partial charge >= 0.3 is 0 Å². The largest absolute Gasteiger partial charge is 0.493 e. The van der Waals surface area contributed by atoms with Gasteiger partial charge in [0.2, 0.25) is 9.04 Å². The standard InChI is InChI=1S/C21H29NO3Si/c1-4-25-26(19-14-10-13-18(23-2)21(19)24-3)20-15-8-9-16-22(20)17-11-6-5-7-12-17/h5-7,10-14,20,26H,4,8-9,15-16H2,1-3H3. The Bertz CT molecular complexity index is 695. The fourth-order valence-electron chi connectivity index (χ4n) is 3.94. The molecule has 5 heteroatoms. The number of hydrogen-bond acceptors (Lipinski definition) is 4. The second kappa shape index (κ2) is 9.10. The van der Waals surface area contributed by atoms with Crippen molar-refractivity contribution < 1.29 is 13.9 Å². The van der Waals surface area contributed by atoms with Crippen LogP contribution in [-0.4, -0.2) is 42.1 Å². The molecule has 0 aliphatic carbocycles. The minimum atomic E-state index is -1.78. The number of methoxy groups -OCH3 is 2. The van der Waals surface area contributed by atoms with E-state index in [2.05, 4.69) is 48.2 Å². The van der Waals surface area contributed by atoms with Gasteiger partial charge in [0.15, 0.2) is 11.5 Å². The van der Waals surface area contributed by atoms with E-state index in [9.17, 15) is 0 Å². The van der Waals surface area contributed by atoms with Crippen LogP contribution >= 0.6 is 0 Å². The van der Waals surface area contributed by atoms with E-state index in [0.717, 1.165) is 31.1 Å². The Balaban J connectivity index is 2.01. The Morgan fingerprint density at radius 3 is 2.50 bits per heavy atom. The zero-order valence-corrected chi connectivity index (χ0v) is 17.1. The van der Waals surface area contributed by atoms with Gasteiger partial charge in [-0.3, -0.25) is 0 Å². The summed E-state index contributed by atoms with van der Waals surface area (Å²) < 4.78 is 17.7. The van der Waals surface area contributed by atoms with Crippen molar-refractivity contribution in [3.8, 4) is 11.5 Å². The summed E-state index contributed by atoms with van der Waals surface area (Å²) in [5.41, 5.74) is 1.70. The van der Waals surface area contributed by atoms with Crippen molar-refractivity contribution in [3.63, 3.8) is 0 Å². The lowest BCUT2D eigenvalue weighted by molar-refractivity contribution is 0.328. The van der Waals surface area contributed by atoms with Crippen LogP contribution in [0.4, 0.5) is 5.69 Å². The summed E-state index contributed by atoms with van der Waals surface area (Å²) in [6.45, 7) is 3.89. The molecule has 1 saturated heterocycles. The number of para-hydroxylation sites is 2. The number of piperidine rings is 1. The average molecular weight is 372 g/mol. The molecule has 0 amide bonds. The lowest BCUT2D eigenvalue weighted by atomic mass is 10.1. The molecule has 2 aromatic rings. The van der Waals surface area contributed by atoms with Crippen molar-refractivity contribution in [3.05, 3.63) is 48.5 Å². The third-order valence-corrected chi connectivity index (χ3v) is 8.23. The molecule has 3 rings (SSSR count). The fraction of sp³-hybridized carbons (Fsp3) is 0.429. The molecule has 26 heavy (non-hydrogen) atoms. The summed E-state index contributed by atoms with van der Waals surface area (Å²) in [5.74, 6) is 1.61. The van der Waals surface area contributed by atoms with Gasteiger partial charge in [0.25, 0.3) is 0 Å². The first-order chi connectivity index (χ1) is 12.8. The molecule has 0 saturated carbocycles. The van der Waals surface area contributed by atoms with E-state index in [1.54, 1.807) is 14.2 Å². The van der Waals surface area contributed by atoms with Gasteiger partial charge in [0.05, 0.1) is 14.2 Å². The molecule has 0 N–H and O–H groups in total. The van der Waals surface area contributed by atoms with E-state index in [4.69, 9.17) is 13.9 Å². The van der Waals surface area contributed by atoms with E-state index >= 15 is 0 Å². The predicted molar refractivity (Wildman–Crippen MR) is 109 cm³/mol. The summed E-state index contributed by atoms with van der Waals surface area (Å²) in [4.78, 5) is 2.55. The first-order valence-corrected chi connectivity index (χ1v) is 11.2. The number of nitrogens with zero attached hydrogens (tertiary/aromatic N) is 1. The summed E-state index contributed by atoms with van der Waals surface area (Å²) in [6, 6.07) is 16.9. The molecule has 0 radical (unpaired) electrons. The highest BCUT2D eigenvalue weighted by Gasteiger charge is 2.36. The van der Waals surface area contributed by atoms with Crippen molar-refractivity contribution in [2.75, 3.05) is 32.3 Å². The lowest BCUT2D eigenvalue weighted by Crippen LogP contribution is -2.56. The summed E-state index contributed by atoms with van der Waals surface area (Å²) in [5, 5.41) is 1.20. The maximum atomic E-state index is 6.42. The summed E-state index contributed by atoms with van der Waals surface area (Å²) in [7, 11) is 1.63. The molecule has 2 atom stereocenters. The Kier molecular flexibility index (Phi) is 6.58. The lowest BCUT2D eigenvalue weighted by Gasteiger charge is -2.41. The molecule has 1 fully saturated rings. The highest BCUT2D eigenvalue weighted by molar-refractivity contribution is 6.70. The molecule has 1 aliphatic rings. The normalized spacial score (nSPS) is 18.4. The smallest absolute Gasteiger partial charge is 0.234 e. The minimum Gasteiger partial charge on any atom is -0.493 e. The third kappa shape index (κ3) is 3.89. The van der Waals surface area contributed by atoms with Crippen LogP contribution in [0.25, 0.3) is 0 Å². The first-order valence-electron chi connectivity index (χ1n) is 9.44. The number of anilines is 1. The van der Waals surface area contributed by atoms with Crippen molar-refractivity contribution in [2.45, 2.75) is 31.9 Å². The zero-order chi connectivity index (χ0) is 18.4. The molecule has 2 unspecified atom stereocenters. The maximum Gasteiger partial charge on any atom is 0.234 e. The second-order valence-electron chi connectivity index (χ2n) is 6.55. The highest BCUT2D eigenvalue weighted by Crippen LogP contribution is 2.30. The second-order valence-corrected chi connectivity index (χ2v) is 9.12. The van der Waals surface area contributed by atoms with Crippen molar-refractivity contribution in [1.82, 2.24) is 0 Å². The Labute approximate surface area is 158 Å². The maximum absolute atomic E-state index is 6.42. The molecule has 1 heterocycles. The third-order valence-electron chi connectivity index (χ3n) is 5.07. The van der Waals surface area contributed by atoms with E-state index in [-0.39, 0.29) is 0 Å².